The third-order valence-electron chi connectivity index (χ3n) is 2.74. The zero-order valence-corrected chi connectivity index (χ0v) is 9.43. The van der Waals surface area contributed by atoms with Crippen molar-refractivity contribution in [2.24, 2.45) is 5.92 Å². The molecule has 0 aliphatic rings. The molecule has 0 heterocycles. The maximum atomic E-state index is 5.44. The van der Waals surface area contributed by atoms with Crippen LogP contribution in [0.5, 0.6) is 0 Å². The first-order valence-electron chi connectivity index (χ1n) is 5.37. The summed E-state index contributed by atoms with van der Waals surface area (Å²) in [5.74, 6) is 3.50. The van der Waals surface area contributed by atoms with Crippen LogP contribution in [-0.4, -0.2) is 12.1 Å². The van der Waals surface area contributed by atoms with Crippen molar-refractivity contribution in [3.05, 3.63) is 0 Å². The number of rotatable bonds is 6. The Kier molecular flexibility index (Phi) is 6.72. The van der Waals surface area contributed by atoms with Crippen LogP contribution in [-0.2, 0) is 0 Å². The van der Waals surface area contributed by atoms with Gasteiger partial charge in [-0.3, -0.25) is 0 Å². The molecule has 3 atom stereocenters. The van der Waals surface area contributed by atoms with Gasteiger partial charge in [-0.05, 0) is 19.3 Å². The highest BCUT2D eigenvalue weighted by molar-refractivity contribution is 4.99. The molecule has 76 valence electrons. The lowest BCUT2D eigenvalue weighted by molar-refractivity contribution is 0.365. The van der Waals surface area contributed by atoms with Crippen molar-refractivity contribution in [1.82, 2.24) is 5.32 Å². The summed E-state index contributed by atoms with van der Waals surface area (Å²) in [6.07, 6.45) is 8.87. The van der Waals surface area contributed by atoms with E-state index < -0.39 is 0 Å². The molecule has 0 aromatic rings. The van der Waals surface area contributed by atoms with E-state index in [1.807, 2.05) is 0 Å². The highest BCUT2D eigenvalue weighted by atomic mass is 14.9. The molecule has 0 bridgehead atoms. The van der Waals surface area contributed by atoms with Crippen LogP contribution in [0.2, 0.25) is 0 Å². The molecule has 3 unspecified atom stereocenters. The van der Waals surface area contributed by atoms with Gasteiger partial charge in [0.15, 0.2) is 0 Å². The summed E-state index contributed by atoms with van der Waals surface area (Å²) in [7, 11) is 0. The van der Waals surface area contributed by atoms with E-state index in [1.165, 1.54) is 6.42 Å². The first-order chi connectivity index (χ1) is 6.15. The van der Waals surface area contributed by atoms with Gasteiger partial charge in [0, 0.05) is 6.04 Å². The van der Waals surface area contributed by atoms with E-state index >= 15 is 0 Å². The van der Waals surface area contributed by atoms with Crippen molar-refractivity contribution in [3.8, 4) is 12.3 Å². The third-order valence-corrected chi connectivity index (χ3v) is 2.74. The minimum Gasteiger partial charge on any atom is -0.301 e. The lowest BCUT2D eigenvalue weighted by Gasteiger charge is -2.23. The molecule has 0 aromatic heterocycles. The molecule has 1 heteroatoms. The summed E-state index contributed by atoms with van der Waals surface area (Å²) < 4.78 is 0. The van der Waals surface area contributed by atoms with E-state index in [0.717, 1.165) is 12.8 Å². The number of terminal acetylenes is 1. The Balaban J connectivity index is 3.87. The molecular formula is C12H23N. The van der Waals surface area contributed by atoms with E-state index in [1.54, 1.807) is 0 Å². The van der Waals surface area contributed by atoms with Gasteiger partial charge in [-0.15, -0.1) is 6.42 Å². The first kappa shape index (κ1) is 12.5. The van der Waals surface area contributed by atoms with Crippen molar-refractivity contribution < 1.29 is 0 Å². The smallest absolute Gasteiger partial charge is 0.0688 e. The Morgan fingerprint density at radius 2 is 1.92 bits per heavy atom. The highest BCUT2D eigenvalue weighted by Gasteiger charge is 2.13. The molecular weight excluding hydrogens is 158 g/mol. The molecule has 0 radical (unpaired) electrons. The van der Waals surface area contributed by atoms with Crippen LogP contribution < -0.4 is 5.32 Å². The zero-order chi connectivity index (χ0) is 10.3. The van der Waals surface area contributed by atoms with Crippen molar-refractivity contribution in [2.75, 3.05) is 0 Å². The average molecular weight is 181 g/mol. The predicted molar refractivity (Wildman–Crippen MR) is 59.6 cm³/mol. The minimum atomic E-state index is 0.258. The van der Waals surface area contributed by atoms with Crippen LogP contribution in [0.4, 0.5) is 0 Å². The summed E-state index contributed by atoms with van der Waals surface area (Å²) in [5.41, 5.74) is 0. The van der Waals surface area contributed by atoms with Gasteiger partial charge in [0.1, 0.15) is 0 Å². The minimum absolute atomic E-state index is 0.258. The van der Waals surface area contributed by atoms with Crippen LogP contribution >= 0.6 is 0 Å². The molecule has 13 heavy (non-hydrogen) atoms. The van der Waals surface area contributed by atoms with E-state index in [2.05, 4.69) is 38.9 Å². The monoisotopic (exact) mass is 181 g/mol. The molecule has 1 nitrogen and oxygen atoms in total. The largest absolute Gasteiger partial charge is 0.301 e. The van der Waals surface area contributed by atoms with Gasteiger partial charge >= 0.3 is 0 Å². The van der Waals surface area contributed by atoms with E-state index in [-0.39, 0.29) is 6.04 Å². The Bertz CT molecular complexity index is 157. The Labute approximate surface area is 83.3 Å². The van der Waals surface area contributed by atoms with Gasteiger partial charge in [-0.25, -0.2) is 0 Å². The molecule has 0 rings (SSSR count). The van der Waals surface area contributed by atoms with Crippen LogP contribution in [0.3, 0.4) is 0 Å². The predicted octanol–water partition coefficient (Wildman–Crippen LogP) is 2.81. The summed E-state index contributed by atoms with van der Waals surface area (Å²) in [5, 5.41) is 3.48. The van der Waals surface area contributed by atoms with Crippen molar-refractivity contribution in [2.45, 2.75) is 59.0 Å². The lowest BCUT2D eigenvalue weighted by Crippen LogP contribution is -2.39. The van der Waals surface area contributed by atoms with E-state index in [4.69, 9.17) is 6.42 Å². The summed E-state index contributed by atoms with van der Waals surface area (Å²) in [6, 6.07) is 0.784. The maximum Gasteiger partial charge on any atom is 0.0688 e. The number of hydrogen-bond acceptors (Lipinski definition) is 1. The Morgan fingerprint density at radius 1 is 1.31 bits per heavy atom. The highest BCUT2D eigenvalue weighted by Crippen LogP contribution is 2.08. The number of nitrogens with one attached hydrogen (secondary N) is 1. The molecule has 0 aromatic carbocycles. The Morgan fingerprint density at radius 3 is 2.31 bits per heavy atom. The van der Waals surface area contributed by atoms with Gasteiger partial charge < -0.3 is 5.32 Å². The quantitative estimate of drug-likeness (QED) is 0.621. The topological polar surface area (TPSA) is 12.0 Å². The van der Waals surface area contributed by atoms with Crippen LogP contribution in [0, 0.1) is 18.3 Å². The van der Waals surface area contributed by atoms with E-state index in [9.17, 15) is 0 Å². The van der Waals surface area contributed by atoms with Crippen LogP contribution in [0.25, 0.3) is 0 Å². The van der Waals surface area contributed by atoms with Gasteiger partial charge in [0.05, 0.1) is 6.04 Å². The molecule has 0 aliphatic heterocycles. The van der Waals surface area contributed by atoms with Crippen molar-refractivity contribution in [3.63, 3.8) is 0 Å². The SMILES string of the molecule is C#CC(CCC)NC(C)C(C)CC. The second-order valence-corrected chi connectivity index (χ2v) is 3.85. The van der Waals surface area contributed by atoms with Gasteiger partial charge in [0.25, 0.3) is 0 Å². The van der Waals surface area contributed by atoms with Gasteiger partial charge in [0.2, 0.25) is 0 Å². The molecule has 0 amide bonds. The normalized spacial score (nSPS) is 17.5. The summed E-state index contributed by atoms with van der Waals surface area (Å²) in [4.78, 5) is 0. The van der Waals surface area contributed by atoms with Crippen LogP contribution in [0.15, 0.2) is 0 Å². The van der Waals surface area contributed by atoms with Crippen molar-refractivity contribution >= 4 is 0 Å². The second-order valence-electron chi connectivity index (χ2n) is 3.85. The molecule has 0 aliphatic carbocycles. The van der Waals surface area contributed by atoms with Gasteiger partial charge in [-0.2, -0.15) is 0 Å². The van der Waals surface area contributed by atoms with E-state index in [0.29, 0.717) is 12.0 Å². The summed E-state index contributed by atoms with van der Waals surface area (Å²) >= 11 is 0. The Hall–Kier alpha value is -0.480. The fraction of sp³-hybridized carbons (Fsp3) is 0.833. The lowest BCUT2D eigenvalue weighted by atomic mass is 9.99. The average Bonchev–Trinajstić information content (AvgIpc) is 2.15. The molecule has 0 fully saturated rings. The van der Waals surface area contributed by atoms with Crippen molar-refractivity contribution in [1.29, 1.82) is 0 Å². The fourth-order valence-corrected chi connectivity index (χ4v) is 1.34. The molecule has 1 N–H and O–H groups in total. The fourth-order valence-electron chi connectivity index (χ4n) is 1.34. The first-order valence-corrected chi connectivity index (χ1v) is 5.37. The van der Waals surface area contributed by atoms with Gasteiger partial charge in [-0.1, -0.05) is 39.5 Å². The molecule has 0 saturated heterocycles. The molecule has 0 saturated carbocycles. The number of hydrogen-bond donors (Lipinski definition) is 1. The van der Waals surface area contributed by atoms with Crippen LogP contribution in [0.1, 0.15) is 47.0 Å². The summed E-state index contributed by atoms with van der Waals surface area (Å²) in [6.45, 7) is 8.86. The zero-order valence-electron chi connectivity index (χ0n) is 9.43. The maximum absolute atomic E-state index is 5.44. The third kappa shape index (κ3) is 4.95. The molecule has 0 spiro atoms. The standard InChI is InChI=1S/C12H23N/c1-6-9-12(8-3)13-11(5)10(4)7-2/h3,10-13H,6-7,9H2,1-2,4-5H3. The second kappa shape index (κ2) is 6.97.